The lowest BCUT2D eigenvalue weighted by molar-refractivity contribution is -0.117. The molecule has 0 bridgehead atoms. The fourth-order valence-electron chi connectivity index (χ4n) is 2.69. The summed E-state index contributed by atoms with van der Waals surface area (Å²) in [6.07, 6.45) is 5.38. The number of nitrogens with one attached hydrogen (secondary N) is 1. The van der Waals surface area contributed by atoms with Crippen LogP contribution < -0.4 is 5.32 Å². The second kappa shape index (κ2) is 7.01. The fraction of sp³-hybridized carbons (Fsp3) is 0.294. The predicted octanol–water partition coefficient (Wildman–Crippen LogP) is 1.88. The number of sulfonamides is 1. The van der Waals surface area contributed by atoms with Crippen molar-refractivity contribution in [3.05, 3.63) is 58.8 Å². The zero-order chi connectivity index (χ0) is 18.0. The highest BCUT2D eigenvalue weighted by Crippen LogP contribution is 2.18. The Labute approximate surface area is 151 Å². The SMILES string of the molecule is C[C@H](Cc1ccccc1Cl)NC(=O)C1=CN2CCS(=O)(=O)N=C2C=C1. The maximum absolute atomic E-state index is 12.4. The first-order chi connectivity index (χ1) is 11.8. The number of rotatable bonds is 4. The van der Waals surface area contributed by atoms with E-state index in [4.69, 9.17) is 11.6 Å². The second-order valence-electron chi connectivity index (χ2n) is 6.02. The molecule has 0 aliphatic carbocycles. The van der Waals surface area contributed by atoms with Crippen LogP contribution in [0.5, 0.6) is 0 Å². The zero-order valence-electron chi connectivity index (χ0n) is 13.6. The Hall–Kier alpha value is -2.12. The molecule has 0 unspecified atom stereocenters. The van der Waals surface area contributed by atoms with Crippen LogP contribution in [0.4, 0.5) is 0 Å². The molecule has 132 valence electrons. The van der Waals surface area contributed by atoms with Crippen molar-refractivity contribution in [1.82, 2.24) is 10.2 Å². The lowest BCUT2D eigenvalue weighted by atomic mass is 10.1. The Balaban J connectivity index is 1.65. The van der Waals surface area contributed by atoms with Crippen LogP contribution in [0.2, 0.25) is 5.02 Å². The van der Waals surface area contributed by atoms with Gasteiger partial charge in [0.2, 0.25) is 0 Å². The van der Waals surface area contributed by atoms with Crippen LogP contribution in [-0.2, 0) is 21.2 Å². The molecule has 0 saturated carbocycles. The van der Waals surface area contributed by atoms with Gasteiger partial charge in [0.1, 0.15) is 5.84 Å². The third-order valence-corrected chi connectivity index (χ3v) is 5.48. The molecule has 1 aromatic carbocycles. The first-order valence-corrected chi connectivity index (χ1v) is 9.86. The quantitative estimate of drug-likeness (QED) is 0.866. The number of amides is 1. The van der Waals surface area contributed by atoms with E-state index in [2.05, 4.69) is 9.71 Å². The van der Waals surface area contributed by atoms with E-state index in [9.17, 15) is 13.2 Å². The lowest BCUT2D eigenvalue weighted by Crippen LogP contribution is -2.39. The van der Waals surface area contributed by atoms with Crippen LogP contribution in [0.3, 0.4) is 0 Å². The van der Waals surface area contributed by atoms with Gasteiger partial charge in [-0.25, -0.2) is 8.42 Å². The Bertz CT molecular complexity index is 890. The first kappa shape index (κ1) is 17.7. The van der Waals surface area contributed by atoms with Crippen molar-refractivity contribution < 1.29 is 13.2 Å². The van der Waals surface area contributed by atoms with Gasteiger partial charge >= 0.3 is 0 Å². The summed E-state index contributed by atoms with van der Waals surface area (Å²) in [7, 11) is -3.40. The summed E-state index contributed by atoms with van der Waals surface area (Å²) in [6, 6.07) is 7.43. The largest absolute Gasteiger partial charge is 0.349 e. The van der Waals surface area contributed by atoms with E-state index < -0.39 is 10.0 Å². The lowest BCUT2D eigenvalue weighted by Gasteiger charge is -2.27. The topological polar surface area (TPSA) is 78.8 Å². The van der Waals surface area contributed by atoms with Gasteiger partial charge in [-0.15, -0.1) is 4.40 Å². The molecule has 1 amide bonds. The van der Waals surface area contributed by atoms with E-state index >= 15 is 0 Å². The van der Waals surface area contributed by atoms with Crippen molar-refractivity contribution in [2.24, 2.45) is 4.40 Å². The van der Waals surface area contributed by atoms with Gasteiger partial charge in [-0.3, -0.25) is 4.79 Å². The number of nitrogens with zero attached hydrogens (tertiary/aromatic N) is 2. The molecule has 2 aliphatic heterocycles. The number of carbonyl (C=O) groups excluding carboxylic acids is 1. The van der Waals surface area contributed by atoms with E-state index in [0.717, 1.165) is 5.56 Å². The Kier molecular flexibility index (Phi) is 4.96. The number of benzene rings is 1. The highest BCUT2D eigenvalue weighted by Gasteiger charge is 2.25. The number of fused-ring (bicyclic) bond motifs is 1. The van der Waals surface area contributed by atoms with Gasteiger partial charge in [-0.1, -0.05) is 29.8 Å². The molecule has 0 saturated heterocycles. The van der Waals surface area contributed by atoms with Gasteiger partial charge in [-0.05, 0) is 37.1 Å². The van der Waals surface area contributed by atoms with Gasteiger partial charge in [0.05, 0.1) is 11.3 Å². The van der Waals surface area contributed by atoms with Crippen LogP contribution in [0.25, 0.3) is 0 Å². The normalized spacial score (nSPS) is 19.5. The summed E-state index contributed by atoms with van der Waals surface area (Å²) >= 11 is 6.15. The average Bonchev–Trinajstić information content (AvgIpc) is 2.55. The van der Waals surface area contributed by atoms with Crippen molar-refractivity contribution in [3.63, 3.8) is 0 Å². The van der Waals surface area contributed by atoms with Gasteiger partial charge in [0.15, 0.2) is 0 Å². The number of amidine groups is 1. The standard InChI is InChI=1S/C17H18ClN3O3S/c1-12(10-13-4-2-3-5-15(13)18)19-17(22)14-6-7-16-20-25(23,24)9-8-21(16)11-14/h2-7,11-12H,8-10H2,1H3,(H,19,22)/t12-/m1/s1. The second-order valence-corrected chi connectivity index (χ2v) is 8.18. The minimum Gasteiger partial charge on any atom is -0.349 e. The molecular weight excluding hydrogens is 362 g/mol. The minimum atomic E-state index is -3.40. The third kappa shape index (κ3) is 4.29. The predicted molar refractivity (Wildman–Crippen MR) is 97.9 cm³/mol. The number of hydrogen-bond donors (Lipinski definition) is 1. The molecule has 2 aliphatic rings. The molecule has 3 rings (SSSR count). The summed E-state index contributed by atoms with van der Waals surface area (Å²) in [5.74, 6) is 0.0637. The van der Waals surface area contributed by atoms with Crippen molar-refractivity contribution >= 4 is 33.4 Å². The van der Waals surface area contributed by atoms with Gasteiger partial charge in [0, 0.05) is 23.8 Å². The zero-order valence-corrected chi connectivity index (χ0v) is 15.2. The molecular formula is C17H18ClN3O3S. The highest BCUT2D eigenvalue weighted by molar-refractivity contribution is 7.90. The smallest absolute Gasteiger partial charge is 0.256 e. The summed E-state index contributed by atoms with van der Waals surface area (Å²) in [6.45, 7) is 2.20. The van der Waals surface area contributed by atoms with E-state index in [1.807, 2.05) is 31.2 Å². The summed E-state index contributed by atoms with van der Waals surface area (Å²) in [5.41, 5.74) is 1.44. The maximum atomic E-state index is 12.4. The third-order valence-electron chi connectivity index (χ3n) is 3.95. The van der Waals surface area contributed by atoms with Crippen LogP contribution in [0, 0.1) is 0 Å². The molecule has 1 aromatic rings. The number of carbonyl (C=O) groups is 1. The number of halogens is 1. The van der Waals surface area contributed by atoms with Crippen molar-refractivity contribution in [2.75, 3.05) is 12.3 Å². The molecule has 1 atom stereocenters. The van der Waals surface area contributed by atoms with E-state index in [1.165, 1.54) is 0 Å². The summed E-state index contributed by atoms with van der Waals surface area (Å²) in [4.78, 5) is 14.1. The molecule has 8 heteroatoms. The monoisotopic (exact) mass is 379 g/mol. The van der Waals surface area contributed by atoms with E-state index in [-0.39, 0.29) is 24.2 Å². The highest BCUT2D eigenvalue weighted by atomic mass is 35.5. The van der Waals surface area contributed by atoms with E-state index in [1.54, 1.807) is 23.3 Å². The van der Waals surface area contributed by atoms with Crippen molar-refractivity contribution in [3.8, 4) is 0 Å². The first-order valence-electron chi connectivity index (χ1n) is 7.87. The molecule has 6 nitrogen and oxygen atoms in total. The Morgan fingerprint density at radius 3 is 2.88 bits per heavy atom. The van der Waals surface area contributed by atoms with Gasteiger partial charge in [0.25, 0.3) is 15.9 Å². The number of hydrogen-bond acceptors (Lipinski definition) is 4. The Morgan fingerprint density at radius 1 is 1.36 bits per heavy atom. The maximum Gasteiger partial charge on any atom is 0.256 e. The molecule has 2 heterocycles. The minimum absolute atomic E-state index is 0.0569. The molecule has 0 fully saturated rings. The van der Waals surface area contributed by atoms with Crippen LogP contribution in [-0.4, -0.2) is 43.4 Å². The fourth-order valence-corrected chi connectivity index (χ4v) is 3.87. The average molecular weight is 380 g/mol. The molecule has 1 N–H and O–H groups in total. The van der Waals surface area contributed by atoms with Crippen LogP contribution in [0.1, 0.15) is 12.5 Å². The molecule has 0 spiro atoms. The molecule has 25 heavy (non-hydrogen) atoms. The van der Waals surface area contributed by atoms with Gasteiger partial charge < -0.3 is 10.2 Å². The van der Waals surface area contributed by atoms with Crippen LogP contribution in [0.15, 0.2) is 52.6 Å². The molecule has 0 aromatic heterocycles. The summed E-state index contributed by atoms with van der Waals surface area (Å²) < 4.78 is 26.7. The molecule has 0 radical (unpaired) electrons. The van der Waals surface area contributed by atoms with Crippen molar-refractivity contribution in [2.45, 2.75) is 19.4 Å². The van der Waals surface area contributed by atoms with Crippen LogP contribution >= 0.6 is 11.6 Å². The summed E-state index contributed by atoms with van der Waals surface area (Å²) in [5, 5.41) is 3.61. The van der Waals surface area contributed by atoms with Gasteiger partial charge in [-0.2, -0.15) is 0 Å². The Morgan fingerprint density at radius 2 is 2.12 bits per heavy atom. The van der Waals surface area contributed by atoms with Crippen molar-refractivity contribution in [1.29, 1.82) is 0 Å². The van der Waals surface area contributed by atoms with E-state index in [0.29, 0.717) is 22.9 Å².